The largest absolute Gasteiger partial charge is 0.372 e. The molecule has 0 N–H and O–H groups in total. The minimum atomic E-state index is 0.814. The molecule has 22 heavy (non-hydrogen) atoms. The van der Waals surface area contributed by atoms with Crippen LogP contribution in [0.25, 0.3) is 0 Å². The first kappa shape index (κ1) is 16.1. The van der Waals surface area contributed by atoms with E-state index in [0.29, 0.717) is 0 Å². The second kappa shape index (κ2) is 8.23. The van der Waals surface area contributed by atoms with Gasteiger partial charge in [-0.1, -0.05) is 42.5 Å². The lowest BCUT2D eigenvalue weighted by atomic mass is 10.2. The molecule has 0 radical (unpaired) electrons. The number of hydrogen-bond acceptors (Lipinski definition) is 3. The molecule has 0 amide bonds. The van der Waals surface area contributed by atoms with Crippen LogP contribution < -0.4 is 4.90 Å². The molecule has 0 aliphatic carbocycles. The summed E-state index contributed by atoms with van der Waals surface area (Å²) in [6.45, 7) is 7.23. The molecule has 0 unspecified atom stereocenters. The molecule has 0 saturated heterocycles. The summed E-state index contributed by atoms with van der Waals surface area (Å²) in [5.74, 6) is 0. The first-order valence-electron chi connectivity index (χ1n) is 7.87. The zero-order valence-electron chi connectivity index (χ0n) is 13.7. The van der Waals surface area contributed by atoms with Crippen LogP contribution in [-0.4, -0.2) is 31.4 Å². The zero-order chi connectivity index (χ0) is 15.8. The molecule has 0 atom stereocenters. The second-order valence-electron chi connectivity index (χ2n) is 5.31. The van der Waals surface area contributed by atoms with Gasteiger partial charge in [0, 0.05) is 25.8 Å². The number of rotatable bonds is 7. The molecule has 3 nitrogen and oxygen atoms in total. The number of anilines is 1. The van der Waals surface area contributed by atoms with Crippen LogP contribution in [0.15, 0.2) is 59.7 Å². The summed E-state index contributed by atoms with van der Waals surface area (Å²) in [6.07, 6.45) is 1.91. The van der Waals surface area contributed by atoms with E-state index in [1.165, 1.54) is 11.3 Å². The summed E-state index contributed by atoms with van der Waals surface area (Å²) in [6, 6.07) is 18.9. The summed E-state index contributed by atoms with van der Waals surface area (Å²) in [5.41, 5.74) is 3.65. The highest BCUT2D eigenvalue weighted by Crippen LogP contribution is 2.14. The molecule has 0 saturated carbocycles. The summed E-state index contributed by atoms with van der Waals surface area (Å²) in [7, 11) is 1.99. The van der Waals surface area contributed by atoms with Gasteiger partial charge in [0.1, 0.15) is 0 Å². The van der Waals surface area contributed by atoms with Crippen molar-refractivity contribution in [3.63, 3.8) is 0 Å². The van der Waals surface area contributed by atoms with Gasteiger partial charge in [-0.2, -0.15) is 5.10 Å². The Bertz CT molecular complexity index is 571. The Balaban J connectivity index is 1.95. The molecule has 2 aromatic rings. The second-order valence-corrected chi connectivity index (χ2v) is 5.31. The Kier molecular flexibility index (Phi) is 6.01. The smallest absolute Gasteiger partial charge is 0.0607 e. The third kappa shape index (κ3) is 4.62. The average molecular weight is 295 g/mol. The first-order chi connectivity index (χ1) is 10.7. The van der Waals surface area contributed by atoms with Crippen molar-refractivity contribution in [1.29, 1.82) is 0 Å². The van der Waals surface area contributed by atoms with Crippen molar-refractivity contribution < 1.29 is 0 Å². The van der Waals surface area contributed by atoms with Crippen molar-refractivity contribution in [3.8, 4) is 0 Å². The summed E-state index contributed by atoms with van der Waals surface area (Å²) >= 11 is 0. The van der Waals surface area contributed by atoms with E-state index in [9.17, 15) is 0 Å². The first-order valence-corrected chi connectivity index (χ1v) is 7.87. The minimum Gasteiger partial charge on any atom is -0.372 e. The van der Waals surface area contributed by atoms with E-state index in [-0.39, 0.29) is 0 Å². The number of benzene rings is 2. The van der Waals surface area contributed by atoms with Crippen molar-refractivity contribution >= 4 is 11.9 Å². The Morgan fingerprint density at radius 1 is 0.909 bits per heavy atom. The van der Waals surface area contributed by atoms with Crippen LogP contribution in [0.1, 0.15) is 25.0 Å². The van der Waals surface area contributed by atoms with Crippen LogP contribution in [0, 0.1) is 0 Å². The quantitative estimate of drug-likeness (QED) is 0.568. The molecule has 0 aliphatic rings. The van der Waals surface area contributed by atoms with E-state index in [1.54, 1.807) is 0 Å². The van der Waals surface area contributed by atoms with Crippen molar-refractivity contribution in [2.45, 2.75) is 20.4 Å². The molecule has 0 heterocycles. The molecule has 0 aromatic heterocycles. The lowest BCUT2D eigenvalue weighted by molar-refractivity contribution is 0.349. The molecular formula is C19H25N3. The maximum absolute atomic E-state index is 4.50. The molecule has 116 valence electrons. The van der Waals surface area contributed by atoms with Gasteiger partial charge in [0.25, 0.3) is 0 Å². The number of hydrazone groups is 1. The molecule has 0 spiro atoms. The van der Waals surface area contributed by atoms with E-state index in [0.717, 1.165) is 25.2 Å². The van der Waals surface area contributed by atoms with E-state index in [2.05, 4.69) is 72.4 Å². The number of nitrogens with zero attached hydrogens (tertiary/aromatic N) is 3. The normalized spacial score (nSPS) is 10.9. The summed E-state index contributed by atoms with van der Waals surface area (Å²) < 4.78 is 0. The van der Waals surface area contributed by atoms with E-state index >= 15 is 0 Å². The van der Waals surface area contributed by atoms with Crippen molar-refractivity contribution in [1.82, 2.24) is 5.01 Å². The van der Waals surface area contributed by atoms with Crippen molar-refractivity contribution in [2.75, 3.05) is 25.0 Å². The standard InChI is InChI=1S/C19H25N3/c1-4-22(5-2)19-13-11-17(12-14-19)15-20-21(3)16-18-9-7-6-8-10-18/h6-15H,4-5,16H2,1-3H3. The van der Waals surface area contributed by atoms with Crippen LogP contribution >= 0.6 is 0 Å². The SMILES string of the molecule is CCN(CC)c1ccc(C=NN(C)Cc2ccccc2)cc1. The highest BCUT2D eigenvalue weighted by molar-refractivity contribution is 5.80. The van der Waals surface area contributed by atoms with Crippen LogP contribution in [0.4, 0.5) is 5.69 Å². The predicted molar refractivity (Wildman–Crippen MR) is 95.5 cm³/mol. The van der Waals surface area contributed by atoms with Gasteiger partial charge in [-0.25, -0.2) is 0 Å². The monoisotopic (exact) mass is 295 g/mol. The predicted octanol–water partition coefficient (Wildman–Crippen LogP) is 4.00. The van der Waals surface area contributed by atoms with Crippen molar-refractivity contribution in [2.24, 2.45) is 5.10 Å². The molecule has 3 heteroatoms. The van der Waals surface area contributed by atoms with Gasteiger partial charge in [0.15, 0.2) is 0 Å². The summed E-state index contributed by atoms with van der Waals surface area (Å²) in [4.78, 5) is 2.34. The van der Waals surface area contributed by atoms with E-state index in [4.69, 9.17) is 0 Å². The molecule has 2 aromatic carbocycles. The maximum Gasteiger partial charge on any atom is 0.0607 e. The van der Waals surface area contributed by atoms with Gasteiger partial charge in [-0.15, -0.1) is 0 Å². The molecule has 0 aliphatic heterocycles. The van der Waals surface area contributed by atoms with Gasteiger partial charge in [-0.05, 0) is 37.1 Å². The number of hydrogen-bond donors (Lipinski definition) is 0. The Morgan fingerprint density at radius 2 is 1.55 bits per heavy atom. The zero-order valence-corrected chi connectivity index (χ0v) is 13.7. The Morgan fingerprint density at radius 3 is 2.14 bits per heavy atom. The van der Waals surface area contributed by atoms with Crippen LogP contribution in [0.3, 0.4) is 0 Å². The third-order valence-corrected chi connectivity index (χ3v) is 3.68. The maximum atomic E-state index is 4.50. The highest BCUT2D eigenvalue weighted by atomic mass is 15.4. The Labute approximate surface area is 133 Å². The van der Waals surface area contributed by atoms with Gasteiger partial charge in [0.05, 0.1) is 12.8 Å². The van der Waals surface area contributed by atoms with Crippen LogP contribution in [-0.2, 0) is 6.54 Å². The highest BCUT2D eigenvalue weighted by Gasteiger charge is 2.00. The molecule has 0 bridgehead atoms. The van der Waals surface area contributed by atoms with Gasteiger partial charge in [0.2, 0.25) is 0 Å². The van der Waals surface area contributed by atoms with E-state index < -0.39 is 0 Å². The summed E-state index contributed by atoms with van der Waals surface area (Å²) in [5, 5.41) is 6.45. The van der Waals surface area contributed by atoms with Gasteiger partial charge in [-0.3, -0.25) is 5.01 Å². The minimum absolute atomic E-state index is 0.814. The fraction of sp³-hybridized carbons (Fsp3) is 0.316. The topological polar surface area (TPSA) is 18.8 Å². The molecular weight excluding hydrogens is 270 g/mol. The van der Waals surface area contributed by atoms with E-state index in [1.807, 2.05) is 24.3 Å². The average Bonchev–Trinajstić information content (AvgIpc) is 2.56. The fourth-order valence-electron chi connectivity index (χ4n) is 2.41. The van der Waals surface area contributed by atoms with Gasteiger partial charge < -0.3 is 4.90 Å². The van der Waals surface area contributed by atoms with Crippen LogP contribution in [0.2, 0.25) is 0 Å². The fourth-order valence-corrected chi connectivity index (χ4v) is 2.41. The molecule has 0 fully saturated rings. The molecule has 2 rings (SSSR count). The lowest BCUT2D eigenvalue weighted by Crippen LogP contribution is -2.21. The third-order valence-electron chi connectivity index (χ3n) is 3.68. The Hall–Kier alpha value is -2.29. The van der Waals surface area contributed by atoms with Gasteiger partial charge >= 0.3 is 0 Å². The lowest BCUT2D eigenvalue weighted by Gasteiger charge is -2.20. The van der Waals surface area contributed by atoms with Crippen molar-refractivity contribution in [3.05, 3.63) is 65.7 Å². The van der Waals surface area contributed by atoms with Crippen LogP contribution in [0.5, 0.6) is 0 Å².